The van der Waals surface area contributed by atoms with Crippen LogP contribution in [-0.4, -0.2) is 11.2 Å². The molecule has 0 aromatic heterocycles. The smallest absolute Gasteiger partial charge is 0.0719 e. The third-order valence-electron chi connectivity index (χ3n) is 3.06. The Morgan fingerprint density at radius 1 is 1.23 bits per heavy atom. The molecule has 1 nitrogen and oxygen atoms in total. The van der Waals surface area contributed by atoms with Gasteiger partial charge >= 0.3 is 0 Å². The second kappa shape index (κ2) is 5.43. The SMILES string of the molecule is C/C(=C\C1CCCCCC1)C(C)O. The molecule has 0 saturated heterocycles. The Hall–Kier alpha value is -0.300. The third kappa shape index (κ3) is 3.95. The van der Waals surface area contributed by atoms with Crippen molar-refractivity contribution in [2.75, 3.05) is 0 Å². The molecule has 0 aromatic carbocycles. The summed E-state index contributed by atoms with van der Waals surface area (Å²) in [6, 6.07) is 0. The largest absolute Gasteiger partial charge is 0.389 e. The summed E-state index contributed by atoms with van der Waals surface area (Å²) in [6.45, 7) is 3.89. The molecule has 13 heavy (non-hydrogen) atoms. The van der Waals surface area contributed by atoms with Gasteiger partial charge in [-0.05, 0) is 38.2 Å². The van der Waals surface area contributed by atoms with E-state index in [1.165, 1.54) is 38.5 Å². The van der Waals surface area contributed by atoms with Gasteiger partial charge in [0.2, 0.25) is 0 Å². The summed E-state index contributed by atoms with van der Waals surface area (Å²) in [5, 5.41) is 9.35. The van der Waals surface area contributed by atoms with E-state index in [0.717, 1.165) is 11.5 Å². The monoisotopic (exact) mass is 182 g/mol. The minimum atomic E-state index is -0.261. The molecule has 1 heteroatoms. The average Bonchev–Trinajstić information content (AvgIpc) is 2.32. The summed E-state index contributed by atoms with van der Waals surface area (Å²) in [5.74, 6) is 0.733. The molecule has 1 fully saturated rings. The van der Waals surface area contributed by atoms with Crippen molar-refractivity contribution in [2.24, 2.45) is 5.92 Å². The standard InChI is InChI=1S/C12H22O/c1-10(11(2)13)9-12-7-5-3-4-6-8-12/h9,11-13H,3-8H2,1-2H3/b10-9+. The van der Waals surface area contributed by atoms with E-state index < -0.39 is 0 Å². The Bertz CT molecular complexity index is 162. The fourth-order valence-electron chi connectivity index (χ4n) is 1.99. The molecule has 1 atom stereocenters. The fourth-order valence-corrected chi connectivity index (χ4v) is 1.99. The van der Waals surface area contributed by atoms with Crippen molar-refractivity contribution in [3.8, 4) is 0 Å². The van der Waals surface area contributed by atoms with Gasteiger partial charge in [-0.2, -0.15) is 0 Å². The van der Waals surface area contributed by atoms with Gasteiger partial charge in [0.05, 0.1) is 6.10 Å². The summed E-state index contributed by atoms with van der Waals surface area (Å²) in [4.78, 5) is 0. The molecule has 1 saturated carbocycles. The predicted molar refractivity (Wildman–Crippen MR) is 56.6 cm³/mol. The molecular weight excluding hydrogens is 160 g/mol. The van der Waals surface area contributed by atoms with Crippen LogP contribution in [0.4, 0.5) is 0 Å². The van der Waals surface area contributed by atoms with Gasteiger partial charge < -0.3 is 5.11 Å². The lowest BCUT2D eigenvalue weighted by Gasteiger charge is -2.12. The van der Waals surface area contributed by atoms with E-state index >= 15 is 0 Å². The minimum absolute atomic E-state index is 0.261. The predicted octanol–water partition coefficient (Wildman–Crippen LogP) is 3.28. The van der Waals surface area contributed by atoms with Gasteiger partial charge in [-0.1, -0.05) is 31.8 Å². The van der Waals surface area contributed by atoms with Gasteiger partial charge in [-0.15, -0.1) is 0 Å². The van der Waals surface area contributed by atoms with E-state index in [2.05, 4.69) is 6.08 Å². The summed E-state index contributed by atoms with van der Waals surface area (Å²) < 4.78 is 0. The lowest BCUT2D eigenvalue weighted by atomic mass is 9.96. The van der Waals surface area contributed by atoms with Crippen LogP contribution < -0.4 is 0 Å². The molecule has 76 valence electrons. The van der Waals surface area contributed by atoms with Crippen LogP contribution >= 0.6 is 0 Å². The second-order valence-corrected chi connectivity index (χ2v) is 4.34. The Kier molecular flexibility index (Phi) is 4.51. The van der Waals surface area contributed by atoms with E-state index in [1.807, 2.05) is 13.8 Å². The maximum atomic E-state index is 9.35. The second-order valence-electron chi connectivity index (χ2n) is 4.34. The third-order valence-corrected chi connectivity index (χ3v) is 3.06. The van der Waals surface area contributed by atoms with Crippen LogP contribution in [-0.2, 0) is 0 Å². The topological polar surface area (TPSA) is 20.2 Å². The number of rotatable bonds is 2. The number of aliphatic hydroxyl groups is 1. The van der Waals surface area contributed by atoms with Crippen LogP contribution in [0, 0.1) is 5.92 Å². The molecular formula is C12H22O. The Morgan fingerprint density at radius 2 is 1.77 bits per heavy atom. The zero-order chi connectivity index (χ0) is 9.68. The van der Waals surface area contributed by atoms with Crippen LogP contribution in [0.1, 0.15) is 52.4 Å². The van der Waals surface area contributed by atoms with Gasteiger partial charge in [0, 0.05) is 0 Å². The molecule has 0 heterocycles. The highest BCUT2D eigenvalue weighted by Gasteiger charge is 2.10. The van der Waals surface area contributed by atoms with E-state index in [9.17, 15) is 5.11 Å². The van der Waals surface area contributed by atoms with E-state index in [4.69, 9.17) is 0 Å². The molecule has 0 aromatic rings. The summed E-state index contributed by atoms with van der Waals surface area (Å²) in [7, 11) is 0. The molecule has 0 aliphatic heterocycles. The zero-order valence-electron chi connectivity index (χ0n) is 8.92. The summed E-state index contributed by atoms with van der Waals surface area (Å²) in [5.41, 5.74) is 1.15. The highest BCUT2D eigenvalue weighted by atomic mass is 16.3. The molecule has 0 amide bonds. The number of aliphatic hydroxyl groups excluding tert-OH is 1. The van der Waals surface area contributed by atoms with E-state index in [-0.39, 0.29) is 6.10 Å². The molecule has 0 bridgehead atoms. The number of hydrogen-bond acceptors (Lipinski definition) is 1. The Balaban J connectivity index is 2.45. The first-order valence-electron chi connectivity index (χ1n) is 5.56. The fraction of sp³-hybridized carbons (Fsp3) is 0.833. The highest BCUT2D eigenvalue weighted by Crippen LogP contribution is 2.25. The molecule has 1 unspecified atom stereocenters. The number of allylic oxidation sites excluding steroid dienone is 1. The normalized spacial score (nSPS) is 24.1. The van der Waals surface area contributed by atoms with Crippen molar-refractivity contribution in [3.63, 3.8) is 0 Å². The van der Waals surface area contributed by atoms with Crippen LogP contribution in [0.3, 0.4) is 0 Å². The van der Waals surface area contributed by atoms with Crippen molar-refractivity contribution in [1.82, 2.24) is 0 Å². The average molecular weight is 182 g/mol. The molecule has 1 aliphatic rings. The zero-order valence-corrected chi connectivity index (χ0v) is 8.92. The first kappa shape index (κ1) is 10.8. The van der Waals surface area contributed by atoms with Gasteiger partial charge in [0.15, 0.2) is 0 Å². The molecule has 0 radical (unpaired) electrons. The van der Waals surface area contributed by atoms with Crippen molar-refractivity contribution in [3.05, 3.63) is 11.6 Å². The first-order valence-corrected chi connectivity index (χ1v) is 5.56. The van der Waals surface area contributed by atoms with Crippen molar-refractivity contribution >= 4 is 0 Å². The van der Waals surface area contributed by atoms with Gasteiger partial charge in [0.25, 0.3) is 0 Å². The Labute approximate surface area is 81.9 Å². The maximum absolute atomic E-state index is 9.35. The van der Waals surface area contributed by atoms with Crippen molar-refractivity contribution in [1.29, 1.82) is 0 Å². The highest BCUT2D eigenvalue weighted by molar-refractivity contribution is 5.05. The lowest BCUT2D eigenvalue weighted by molar-refractivity contribution is 0.230. The quantitative estimate of drug-likeness (QED) is 0.513. The van der Waals surface area contributed by atoms with Crippen LogP contribution in [0.2, 0.25) is 0 Å². The van der Waals surface area contributed by atoms with Gasteiger partial charge in [-0.3, -0.25) is 0 Å². The van der Waals surface area contributed by atoms with Crippen molar-refractivity contribution in [2.45, 2.75) is 58.5 Å². The molecule has 1 N–H and O–H groups in total. The number of hydrogen-bond donors (Lipinski definition) is 1. The van der Waals surface area contributed by atoms with Crippen molar-refractivity contribution < 1.29 is 5.11 Å². The minimum Gasteiger partial charge on any atom is -0.389 e. The summed E-state index contributed by atoms with van der Waals surface area (Å²) >= 11 is 0. The van der Waals surface area contributed by atoms with Crippen LogP contribution in [0.5, 0.6) is 0 Å². The van der Waals surface area contributed by atoms with Crippen LogP contribution in [0.15, 0.2) is 11.6 Å². The van der Waals surface area contributed by atoms with Crippen LogP contribution in [0.25, 0.3) is 0 Å². The molecule has 0 spiro atoms. The van der Waals surface area contributed by atoms with Gasteiger partial charge in [-0.25, -0.2) is 0 Å². The van der Waals surface area contributed by atoms with E-state index in [0.29, 0.717) is 0 Å². The lowest BCUT2D eigenvalue weighted by Crippen LogP contribution is -2.04. The first-order chi connectivity index (χ1) is 6.20. The maximum Gasteiger partial charge on any atom is 0.0719 e. The van der Waals surface area contributed by atoms with E-state index in [1.54, 1.807) is 0 Å². The Morgan fingerprint density at radius 3 is 2.23 bits per heavy atom. The molecule has 1 aliphatic carbocycles. The molecule has 1 rings (SSSR count). The van der Waals surface area contributed by atoms with Gasteiger partial charge in [0.1, 0.15) is 0 Å². The summed E-state index contributed by atoms with van der Waals surface area (Å²) in [6.07, 6.45) is 10.2.